The van der Waals surface area contributed by atoms with Gasteiger partial charge in [0.2, 0.25) is 0 Å². The zero-order chi connectivity index (χ0) is 15.2. The lowest BCUT2D eigenvalue weighted by molar-refractivity contribution is -0.310. The lowest BCUT2D eigenvalue weighted by atomic mass is 10.1. The van der Waals surface area contributed by atoms with E-state index in [9.17, 15) is 14.7 Å². The van der Waals surface area contributed by atoms with Gasteiger partial charge in [-0.1, -0.05) is 13.3 Å². The van der Waals surface area contributed by atoms with Crippen LogP contribution in [0.4, 0.5) is 0 Å². The fourth-order valence-corrected chi connectivity index (χ4v) is 2.45. The molecule has 0 unspecified atom stereocenters. The topological polar surface area (TPSA) is 69.7 Å². The van der Waals surface area contributed by atoms with Crippen LogP contribution in [-0.4, -0.2) is 36.0 Å². The van der Waals surface area contributed by atoms with Crippen LogP contribution in [0.2, 0.25) is 0 Å². The molecule has 5 nitrogen and oxygen atoms in total. The highest BCUT2D eigenvalue weighted by Gasteiger charge is 2.30. The van der Waals surface area contributed by atoms with Gasteiger partial charge in [-0.25, -0.2) is 0 Å². The van der Waals surface area contributed by atoms with Crippen LogP contribution in [0.1, 0.15) is 43.0 Å². The van der Waals surface area contributed by atoms with Gasteiger partial charge in [-0.15, -0.1) is 0 Å². The molecule has 0 bridgehead atoms. The van der Waals surface area contributed by atoms with Crippen molar-refractivity contribution in [3.8, 4) is 5.75 Å². The van der Waals surface area contributed by atoms with Crippen LogP contribution in [-0.2, 0) is 4.79 Å². The molecule has 0 spiro atoms. The average Bonchev–Trinajstić information content (AvgIpc) is 2.97. The van der Waals surface area contributed by atoms with E-state index in [1.165, 1.54) is 4.90 Å². The molecular weight excluding hydrogens is 270 g/mol. The van der Waals surface area contributed by atoms with Crippen molar-refractivity contribution in [3.05, 3.63) is 29.8 Å². The first-order valence-electron chi connectivity index (χ1n) is 7.38. The zero-order valence-corrected chi connectivity index (χ0v) is 12.2. The number of likely N-dealkylation sites (tertiary alicyclic amines) is 1. The van der Waals surface area contributed by atoms with Crippen molar-refractivity contribution in [1.82, 2.24) is 4.90 Å². The highest BCUT2D eigenvalue weighted by Crippen LogP contribution is 2.21. The molecule has 21 heavy (non-hydrogen) atoms. The van der Waals surface area contributed by atoms with Gasteiger partial charge in [0.05, 0.1) is 18.6 Å². The summed E-state index contributed by atoms with van der Waals surface area (Å²) in [6.07, 6.45) is 3.22. The number of ether oxygens (including phenoxy) is 1. The van der Waals surface area contributed by atoms with E-state index < -0.39 is 12.0 Å². The highest BCUT2D eigenvalue weighted by molar-refractivity contribution is 5.96. The third-order valence-corrected chi connectivity index (χ3v) is 3.65. The zero-order valence-electron chi connectivity index (χ0n) is 12.2. The first-order valence-corrected chi connectivity index (χ1v) is 7.38. The fourth-order valence-electron chi connectivity index (χ4n) is 2.45. The monoisotopic (exact) mass is 290 g/mol. The number of aliphatic carboxylic acids is 1. The van der Waals surface area contributed by atoms with Crippen LogP contribution in [0.3, 0.4) is 0 Å². The van der Waals surface area contributed by atoms with Crippen LogP contribution in [0.15, 0.2) is 24.3 Å². The number of hydrogen-bond donors (Lipinski definition) is 0. The third kappa shape index (κ3) is 3.74. The smallest absolute Gasteiger partial charge is 0.254 e. The van der Waals surface area contributed by atoms with E-state index >= 15 is 0 Å². The Morgan fingerprint density at radius 1 is 1.33 bits per heavy atom. The second kappa shape index (κ2) is 7.11. The second-order valence-electron chi connectivity index (χ2n) is 5.20. The summed E-state index contributed by atoms with van der Waals surface area (Å²) in [6.45, 7) is 3.21. The standard InChI is InChI=1S/C16H21NO4/c1-2-3-11-21-13-8-6-12(7-9-13)15(18)17-10-4-5-14(17)16(19)20/h6-9,14H,2-5,10-11H2,1H3,(H,19,20)/p-1/t14-/m1/s1. The molecule has 1 saturated heterocycles. The summed E-state index contributed by atoms with van der Waals surface area (Å²) in [5, 5.41) is 11.0. The van der Waals surface area contributed by atoms with E-state index in [0.717, 1.165) is 18.6 Å². The predicted octanol–water partition coefficient (Wildman–Crippen LogP) is 1.22. The van der Waals surface area contributed by atoms with E-state index in [1.807, 2.05) is 0 Å². The van der Waals surface area contributed by atoms with Gasteiger partial charge in [0, 0.05) is 12.1 Å². The first-order chi connectivity index (χ1) is 10.1. The molecule has 1 aliphatic heterocycles. The fraction of sp³-hybridized carbons (Fsp3) is 0.500. The maximum absolute atomic E-state index is 12.3. The van der Waals surface area contributed by atoms with Crippen molar-refractivity contribution < 1.29 is 19.4 Å². The van der Waals surface area contributed by atoms with Crippen LogP contribution >= 0.6 is 0 Å². The van der Waals surface area contributed by atoms with Crippen LogP contribution in [0.5, 0.6) is 5.75 Å². The quantitative estimate of drug-likeness (QED) is 0.739. The van der Waals surface area contributed by atoms with Gasteiger partial charge in [0.25, 0.3) is 5.91 Å². The largest absolute Gasteiger partial charge is 0.548 e. The molecule has 1 aromatic carbocycles. The van der Waals surface area contributed by atoms with Crippen molar-refractivity contribution >= 4 is 11.9 Å². The number of carbonyl (C=O) groups is 2. The molecule has 2 rings (SSSR count). The SMILES string of the molecule is CCCCOc1ccc(C(=O)N2CCC[C@@H]2C(=O)[O-])cc1. The van der Waals surface area contributed by atoms with Crippen molar-refractivity contribution in [2.45, 2.75) is 38.6 Å². The summed E-state index contributed by atoms with van der Waals surface area (Å²) in [5.74, 6) is -0.722. The summed E-state index contributed by atoms with van der Waals surface area (Å²) in [5.41, 5.74) is 0.478. The highest BCUT2D eigenvalue weighted by atomic mass is 16.5. The Balaban J connectivity index is 2.01. The number of carboxylic acid groups (broad SMARTS) is 1. The number of carbonyl (C=O) groups excluding carboxylic acids is 2. The summed E-state index contributed by atoms with van der Waals surface area (Å²) in [4.78, 5) is 24.7. The predicted molar refractivity (Wildman–Crippen MR) is 75.9 cm³/mol. The number of benzene rings is 1. The van der Waals surface area contributed by atoms with Gasteiger partial charge >= 0.3 is 0 Å². The van der Waals surface area contributed by atoms with Gasteiger partial charge in [-0.2, -0.15) is 0 Å². The molecule has 1 amide bonds. The van der Waals surface area contributed by atoms with Gasteiger partial charge in [0.15, 0.2) is 0 Å². The van der Waals surface area contributed by atoms with Crippen molar-refractivity contribution in [3.63, 3.8) is 0 Å². The van der Waals surface area contributed by atoms with E-state index in [2.05, 4.69) is 6.92 Å². The molecule has 0 N–H and O–H groups in total. The number of rotatable bonds is 6. The minimum Gasteiger partial charge on any atom is -0.548 e. The van der Waals surface area contributed by atoms with Crippen LogP contribution < -0.4 is 9.84 Å². The van der Waals surface area contributed by atoms with E-state index in [1.54, 1.807) is 24.3 Å². The summed E-state index contributed by atoms with van der Waals surface area (Å²) in [6, 6.07) is 6.03. The van der Waals surface area contributed by atoms with E-state index in [0.29, 0.717) is 31.6 Å². The first kappa shape index (κ1) is 15.4. The minimum absolute atomic E-state index is 0.262. The maximum Gasteiger partial charge on any atom is 0.254 e. The molecule has 1 heterocycles. The number of hydrogen-bond acceptors (Lipinski definition) is 4. The summed E-state index contributed by atoms with van der Waals surface area (Å²) >= 11 is 0. The molecule has 0 aromatic heterocycles. The Bertz CT molecular complexity index is 498. The number of amides is 1. The Labute approximate surface area is 124 Å². The average molecular weight is 290 g/mol. The molecule has 0 saturated carbocycles. The number of unbranched alkanes of at least 4 members (excludes halogenated alkanes) is 1. The van der Waals surface area contributed by atoms with Gasteiger partial charge in [-0.3, -0.25) is 4.79 Å². The number of carboxylic acids is 1. The summed E-state index contributed by atoms with van der Waals surface area (Å²) < 4.78 is 5.54. The Morgan fingerprint density at radius 2 is 2.05 bits per heavy atom. The maximum atomic E-state index is 12.3. The summed E-state index contributed by atoms with van der Waals surface area (Å²) in [7, 11) is 0. The van der Waals surface area contributed by atoms with Gasteiger partial charge in [-0.05, 0) is 43.5 Å². The molecular formula is C16H20NO4-. The number of nitrogens with zero attached hydrogens (tertiary/aromatic N) is 1. The van der Waals surface area contributed by atoms with Gasteiger partial charge < -0.3 is 19.5 Å². The minimum atomic E-state index is -1.18. The lowest BCUT2D eigenvalue weighted by Gasteiger charge is -2.25. The van der Waals surface area contributed by atoms with E-state index in [-0.39, 0.29) is 5.91 Å². The third-order valence-electron chi connectivity index (χ3n) is 3.65. The molecule has 1 aromatic rings. The molecule has 0 radical (unpaired) electrons. The van der Waals surface area contributed by atoms with Crippen LogP contribution in [0.25, 0.3) is 0 Å². The lowest BCUT2D eigenvalue weighted by Crippen LogP contribution is -2.46. The molecule has 1 atom stereocenters. The Hall–Kier alpha value is -2.04. The molecule has 114 valence electrons. The molecule has 1 aliphatic rings. The normalized spacial score (nSPS) is 17.8. The van der Waals surface area contributed by atoms with Crippen LogP contribution in [0, 0.1) is 0 Å². The van der Waals surface area contributed by atoms with Crippen molar-refractivity contribution in [2.75, 3.05) is 13.2 Å². The molecule has 1 fully saturated rings. The van der Waals surface area contributed by atoms with E-state index in [4.69, 9.17) is 4.74 Å². The molecule has 0 aliphatic carbocycles. The Morgan fingerprint density at radius 3 is 2.67 bits per heavy atom. The van der Waals surface area contributed by atoms with Crippen molar-refractivity contribution in [1.29, 1.82) is 0 Å². The van der Waals surface area contributed by atoms with Crippen molar-refractivity contribution in [2.24, 2.45) is 0 Å². The Kier molecular flexibility index (Phi) is 5.20. The van der Waals surface area contributed by atoms with Gasteiger partial charge in [0.1, 0.15) is 5.75 Å². The molecule has 5 heteroatoms. The second-order valence-corrected chi connectivity index (χ2v) is 5.20.